The number of ether oxygens (including phenoxy) is 2. The highest BCUT2D eigenvalue weighted by molar-refractivity contribution is 7.92. The van der Waals surface area contributed by atoms with Gasteiger partial charge in [-0.15, -0.1) is 0 Å². The normalized spacial score (nSPS) is 18.2. The fourth-order valence-electron chi connectivity index (χ4n) is 3.76. The first-order chi connectivity index (χ1) is 15.8. The van der Waals surface area contributed by atoms with E-state index in [1.807, 2.05) is 6.92 Å². The van der Waals surface area contributed by atoms with Gasteiger partial charge in [0, 0.05) is 11.7 Å². The molecule has 3 rings (SSSR count). The van der Waals surface area contributed by atoms with E-state index in [4.69, 9.17) is 9.47 Å². The Balaban J connectivity index is 1.52. The molecule has 1 fully saturated rings. The number of hydrogen-bond acceptors (Lipinski definition) is 6. The Hall–Kier alpha value is -3.07. The Bertz CT molecular complexity index is 1050. The number of carbonyl (C=O) groups excluding carboxylic acids is 2. The third kappa shape index (κ3) is 6.95. The largest absolute Gasteiger partial charge is 0.494 e. The lowest BCUT2D eigenvalue weighted by Gasteiger charge is -2.29. The predicted octanol–water partition coefficient (Wildman–Crippen LogP) is 3.74. The molecule has 2 aromatic carbocycles. The highest BCUT2D eigenvalue weighted by Gasteiger charge is 2.23. The number of nitrogens with one attached hydrogen (secondary N) is 2. The van der Waals surface area contributed by atoms with Gasteiger partial charge in [-0.3, -0.25) is 9.52 Å². The zero-order valence-electron chi connectivity index (χ0n) is 18.9. The van der Waals surface area contributed by atoms with Crippen LogP contribution >= 0.6 is 0 Å². The first-order valence-corrected chi connectivity index (χ1v) is 12.6. The lowest BCUT2D eigenvalue weighted by atomic mass is 9.86. The summed E-state index contributed by atoms with van der Waals surface area (Å²) in [5.74, 6) is 0.0307. The molecule has 0 heterocycles. The van der Waals surface area contributed by atoms with Gasteiger partial charge in [-0.1, -0.05) is 19.8 Å². The van der Waals surface area contributed by atoms with Crippen LogP contribution in [0.15, 0.2) is 53.4 Å². The van der Waals surface area contributed by atoms with Crippen LogP contribution in [0, 0.1) is 5.92 Å². The van der Waals surface area contributed by atoms with Gasteiger partial charge in [-0.2, -0.15) is 0 Å². The van der Waals surface area contributed by atoms with Gasteiger partial charge >= 0.3 is 5.97 Å². The third-order valence-corrected chi connectivity index (χ3v) is 7.01. The minimum absolute atomic E-state index is 0.0905. The maximum Gasteiger partial charge on any atom is 0.338 e. The van der Waals surface area contributed by atoms with Crippen LogP contribution in [0.2, 0.25) is 0 Å². The van der Waals surface area contributed by atoms with E-state index in [9.17, 15) is 18.0 Å². The lowest BCUT2D eigenvalue weighted by Crippen LogP contribution is -2.42. The summed E-state index contributed by atoms with van der Waals surface area (Å²) in [6.07, 6.45) is 4.28. The number of rotatable bonds is 9. The van der Waals surface area contributed by atoms with Crippen molar-refractivity contribution in [1.29, 1.82) is 0 Å². The van der Waals surface area contributed by atoms with Crippen molar-refractivity contribution < 1.29 is 27.5 Å². The molecule has 9 heteroatoms. The number of sulfonamides is 1. The molecule has 2 N–H and O–H groups in total. The number of amides is 1. The highest BCUT2D eigenvalue weighted by atomic mass is 32.2. The van der Waals surface area contributed by atoms with Gasteiger partial charge in [-0.05, 0) is 74.2 Å². The van der Waals surface area contributed by atoms with E-state index in [0.29, 0.717) is 24.0 Å². The Kier molecular flexibility index (Phi) is 8.32. The van der Waals surface area contributed by atoms with E-state index in [1.54, 1.807) is 12.1 Å². The summed E-state index contributed by atoms with van der Waals surface area (Å²) in [4.78, 5) is 24.5. The highest BCUT2D eigenvalue weighted by Crippen LogP contribution is 2.23. The van der Waals surface area contributed by atoms with Crippen molar-refractivity contribution in [2.24, 2.45) is 5.92 Å². The predicted molar refractivity (Wildman–Crippen MR) is 125 cm³/mol. The summed E-state index contributed by atoms with van der Waals surface area (Å²) in [6, 6.07) is 12.0. The van der Waals surface area contributed by atoms with Crippen LogP contribution in [0.4, 0.5) is 5.69 Å². The van der Waals surface area contributed by atoms with Gasteiger partial charge in [0.2, 0.25) is 0 Å². The van der Waals surface area contributed by atoms with Gasteiger partial charge in [0.05, 0.1) is 17.1 Å². The van der Waals surface area contributed by atoms with E-state index in [0.717, 1.165) is 19.3 Å². The SMILES string of the molecule is CCOc1ccc(S(=O)(=O)Nc2ccc(C(=O)OCC(=O)NC3CCCCC3C)cc2)cc1. The number of hydrogen-bond donors (Lipinski definition) is 2. The van der Waals surface area contributed by atoms with Gasteiger partial charge in [0.15, 0.2) is 6.61 Å². The minimum Gasteiger partial charge on any atom is -0.494 e. The second-order valence-corrected chi connectivity index (χ2v) is 9.78. The maximum atomic E-state index is 12.6. The molecule has 1 saturated carbocycles. The molecule has 0 aliphatic heterocycles. The molecule has 1 aliphatic rings. The van der Waals surface area contributed by atoms with E-state index in [1.165, 1.54) is 42.8 Å². The van der Waals surface area contributed by atoms with Crippen LogP contribution < -0.4 is 14.8 Å². The standard InChI is InChI=1S/C24H30N2O6S/c1-3-31-20-12-14-21(15-13-20)33(29,30)26-19-10-8-18(9-11-19)24(28)32-16-23(27)25-22-7-5-4-6-17(22)2/h8-15,17,22,26H,3-7,16H2,1-2H3,(H,25,27). The quantitative estimate of drug-likeness (QED) is 0.536. The van der Waals surface area contributed by atoms with Crippen molar-refractivity contribution in [3.63, 3.8) is 0 Å². The third-order valence-electron chi connectivity index (χ3n) is 5.61. The smallest absolute Gasteiger partial charge is 0.338 e. The lowest BCUT2D eigenvalue weighted by molar-refractivity contribution is -0.125. The fourth-order valence-corrected chi connectivity index (χ4v) is 4.82. The van der Waals surface area contributed by atoms with Crippen molar-refractivity contribution >= 4 is 27.6 Å². The van der Waals surface area contributed by atoms with E-state index in [-0.39, 0.29) is 29.0 Å². The van der Waals surface area contributed by atoms with Crippen LogP contribution in [0.5, 0.6) is 5.75 Å². The summed E-state index contributed by atoms with van der Waals surface area (Å²) in [7, 11) is -3.79. The Morgan fingerprint density at radius 1 is 1.00 bits per heavy atom. The molecular weight excluding hydrogens is 444 g/mol. The van der Waals surface area contributed by atoms with Gasteiger partial charge in [0.25, 0.3) is 15.9 Å². The topological polar surface area (TPSA) is 111 Å². The Labute approximate surface area is 194 Å². The van der Waals surface area contributed by atoms with E-state index >= 15 is 0 Å². The van der Waals surface area contributed by atoms with Gasteiger partial charge in [-0.25, -0.2) is 13.2 Å². The van der Waals surface area contributed by atoms with Crippen molar-refractivity contribution in [2.45, 2.75) is 50.5 Å². The van der Waals surface area contributed by atoms with Crippen LogP contribution in [0.3, 0.4) is 0 Å². The summed E-state index contributed by atoms with van der Waals surface area (Å²) in [5.41, 5.74) is 0.516. The molecule has 1 amide bonds. The Morgan fingerprint density at radius 2 is 1.67 bits per heavy atom. The first-order valence-electron chi connectivity index (χ1n) is 11.1. The average molecular weight is 475 g/mol. The molecule has 0 aromatic heterocycles. The van der Waals surface area contributed by atoms with Gasteiger partial charge < -0.3 is 14.8 Å². The van der Waals surface area contributed by atoms with Crippen LogP contribution in [0.25, 0.3) is 0 Å². The van der Waals surface area contributed by atoms with Crippen LogP contribution in [-0.4, -0.2) is 39.5 Å². The molecule has 0 spiro atoms. The molecule has 2 atom stereocenters. The molecular formula is C24H30N2O6S. The van der Waals surface area contributed by atoms with Crippen molar-refractivity contribution in [1.82, 2.24) is 5.32 Å². The average Bonchev–Trinajstić information content (AvgIpc) is 2.80. The second-order valence-electron chi connectivity index (χ2n) is 8.10. The number of esters is 1. The molecule has 1 aliphatic carbocycles. The Morgan fingerprint density at radius 3 is 2.30 bits per heavy atom. The van der Waals surface area contributed by atoms with Crippen molar-refractivity contribution in [3.05, 3.63) is 54.1 Å². The molecule has 33 heavy (non-hydrogen) atoms. The second kappa shape index (κ2) is 11.2. The summed E-state index contributed by atoms with van der Waals surface area (Å²) in [6.45, 7) is 4.10. The molecule has 2 aromatic rings. The molecule has 2 unspecified atom stereocenters. The van der Waals surface area contributed by atoms with E-state index in [2.05, 4.69) is 17.0 Å². The number of anilines is 1. The van der Waals surface area contributed by atoms with Crippen LogP contribution in [0.1, 0.15) is 49.9 Å². The number of carbonyl (C=O) groups is 2. The number of benzene rings is 2. The molecule has 8 nitrogen and oxygen atoms in total. The first kappa shape index (κ1) is 24.6. The van der Waals surface area contributed by atoms with Crippen molar-refractivity contribution in [3.8, 4) is 5.75 Å². The molecule has 178 valence electrons. The zero-order chi connectivity index (χ0) is 23.8. The van der Waals surface area contributed by atoms with Crippen LogP contribution in [-0.2, 0) is 19.6 Å². The summed E-state index contributed by atoms with van der Waals surface area (Å²) in [5, 5.41) is 2.94. The molecule has 0 saturated heterocycles. The molecule has 0 bridgehead atoms. The summed E-state index contributed by atoms with van der Waals surface area (Å²) >= 11 is 0. The fraction of sp³-hybridized carbons (Fsp3) is 0.417. The monoisotopic (exact) mass is 474 g/mol. The maximum absolute atomic E-state index is 12.6. The molecule has 0 radical (unpaired) electrons. The van der Waals surface area contributed by atoms with Crippen molar-refractivity contribution in [2.75, 3.05) is 17.9 Å². The van der Waals surface area contributed by atoms with E-state index < -0.39 is 16.0 Å². The van der Waals surface area contributed by atoms with Gasteiger partial charge in [0.1, 0.15) is 5.75 Å². The minimum atomic E-state index is -3.79. The zero-order valence-corrected chi connectivity index (χ0v) is 19.7. The summed E-state index contributed by atoms with van der Waals surface area (Å²) < 4.78 is 38.0.